The van der Waals surface area contributed by atoms with Gasteiger partial charge < -0.3 is 15.5 Å². The quantitative estimate of drug-likeness (QED) is 0.531. The highest BCUT2D eigenvalue weighted by Gasteiger charge is 2.18. The van der Waals surface area contributed by atoms with Crippen LogP contribution in [0.2, 0.25) is 0 Å². The molecule has 3 N–H and O–H groups in total. The molecule has 1 saturated carbocycles. The number of phenols is 2. The summed E-state index contributed by atoms with van der Waals surface area (Å²) in [5.74, 6) is -0.528. The molecule has 0 aliphatic heterocycles. The van der Waals surface area contributed by atoms with Crippen LogP contribution in [-0.4, -0.2) is 28.6 Å². The molecule has 0 atom stereocenters. The fourth-order valence-corrected chi connectivity index (χ4v) is 1.65. The lowest BCUT2D eigenvalue weighted by atomic mass is 9.93. The van der Waals surface area contributed by atoms with Crippen LogP contribution in [0.5, 0.6) is 11.5 Å². The highest BCUT2D eigenvalue weighted by molar-refractivity contribution is 5.98. The molecule has 1 aromatic carbocycles. The van der Waals surface area contributed by atoms with Crippen molar-refractivity contribution >= 4 is 5.78 Å². The minimum Gasteiger partial charge on any atom is -0.504 e. The van der Waals surface area contributed by atoms with E-state index < -0.39 is 0 Å². The Hall–Kier alpha value is -1.55. The average molecular weight is 221 g/mol. The van der Waals surface area contributed by atoms with E-state index in [-0.39, 0.29) is 23.8 Å². The summed E-state index contributed by atoms with van der Waals surface area (Å²) >= 11 is 0. The predicted molar refractivity (Wildman–Crippen MR) is 59.7 cm³/mol. The molecule has 0 bridgehead atoms. The predicted octanol–water partition coefficient (Wildman–Crippen LogP) is 1.42. The standard InChI is InChI=1S/C12H15NO3/c14-10-5-4-8(6-11(10)15)12(16)7-13-9-2-1-3-9/h4-6,9,13-15H,1-3,7H2. The number of hydrogen-bond acceptors (Lipinski definition) is 4. The van der Waals surface area contributed by atoms with Crippen LogP contribution >= 0.6 is 0 Å². The smallest absolute Gasteiger partial charge is 0.176 e. The van der Waals surface area contributed by atoms with Gasteiger partial charge in [0.1, 0.15) is 0 Å². The number of rotatable bonds is 4. The summed E-state index contributed by atoms with van der Waals surface area (Å²) in [6.45, 7) is 0.287. The Labute approximate surface area is 93.9 Å². The number of ketones is 1. The zero-order chi connectivity index (χ0) is 11.5. The Morgan fingerprint density at radius 2 is 2.06 bits per heavy atom. The normalized spacial score (nSPS) is 15.8. The van der Waals surface area contributed by atoms with E-state index in [2.05, 4.69) is 5.32 Å². The second kappa shape index (κ2) is 4.53. The van der Waals surface area contributed by atoms with Gasteiger partial charge in [0.2, 0.25) is 0 Å². The van der Waals surface area contributed by atoms with Crippen LogP contribution in [0.25, 0.3) is 0 Å². The van der Waals surface area contributed by atoms with Gasteiger partial charge in [-0.1, -0.05) is 6.42 Å². The van der Waals surface area contributed by atoms with Crippen molar-refractivity contribution in [1.29, 1.82) is 0 Å². The van der Waals surface area contributed by atoms with Gasteiger partial charge in [0.05, 0.1) is 6.54 Å². The van der Waals surface area contributed by atoms with Crippen LogP contribution in [0.1, 0.15) is 29.6 Å². The monoisotopic (exact) mass is 221 g/mol. The van der Waals surface area contributed by atoms with Gasteiger partial charge >= 0.3 is 0 Å². The first-order valence-corrected chi connectivity index (χ1v) is 5.45. The van der Waals surface area contributed by atoms with Gasteiger partial charge in [-0.15, -0.1) is 0 Å². The number of carbonyl (C=O) groups is 1. The lowest BCUT2D eigenvalue weighted by molar-refractivity contribution is 0.0981. The fraction of sp³-hybridized carbons (Fsp3) is 0.417. The van der Waals surface area contributed by atoms with Crippen molar-refractivity contribution in [1.82, 2.24) is 5.32 Å². The molecule has 2 rings (SSSR count). The Bertz CT molecular complexity index is 399. The van der Waals surface area contributed by atoms with Gasteiger partial charge in [0.15, 0.2) is 17.3 Å². The molecule has 0 spiro atoms. The van der Waals surface area contributed by atoms with Crippen molar-refractivity contribution in [2.75, 3.05) is 6.54 Å². The van der Waals surface area contributed by atoms with Crippen molar-refractivity contribution in [2.24, 2.45) is 0 Å². The molecule has 86 valence electrons. The molecule has 0 saturated heterocycles. The van der Waals surface area contributed by atoms with Crippen LogP contribution in [0.15, 0.2) is 18.2 Å². The van der Waals surface area contributed by atoms with E-state index >= 15 is 0 Å². The Morgan fingerprint density at radius 1 is 1.31 bits per heavy atom. The second-order valence-corrected chi connectivity index (χ2v) is 4.14. The minimum absolute atomic E-state index is 0.0674. The van der Waals surface area contributed by atoms with E-state index in [9.17, 15) is 9.90 Å². The van der Waals surface area contributed by atoms with Gasteiger partial charge in [-0.3, -0.25) is 4.79 Å². The number of hydrogen-bond donors (Lipinski definition) is 3. The Balaban J connectivity index is 1.94. The maximum absolute atomic E-state index is 11.7. The number of phenolic OH excluding ortho intramolecular Hbond substituents is 2. The zero-order valence-electron chi connectivity index (χ0n) is 8.94. The van der Waals surface area contributed by atoms with E-state index in [4.69, 9.17) is 5.11 Å². The first kappa shape index (κ1) is 11.0. The van der Waals surface area contributed by atoms with E-state index in [1.54, 1.807) is 0 Å². The number of benzene rings is 1. The molecule has 0 heterocycles. The average Bonchev–Trinajstić information content (AvgIpc) is 2.19. The molecule has 1 aromatic rings. The summed E-state index contributed by atoms with van der Waals surface area (Å²) in [5, 5.41) is 21.5. The van der Waals surface area contributed by atoms with Crippen LogP contribution in [0.3, 0.4) is 0 Å². The third-order valence-corrected chi connectivity index (χ3v) is 2.95. The fourth-order valence-electron chi connectivity index (χ4n) is 1.65. The van der Waals surface area contributed by atoms with Crippen molar-refractivity contribution < 1.29 is 15.0 Å². The lowest BCUT2D eigenvalue weighted by Crippen LogP contribution is -2.38. The van der Waals surface area contributed by atoms with Crippen molar-refractivity contribution in [3.8, 4) is 11.5 Å². The van der Waals surface area contributed by atoms with Crippen LogP contribution in [0.4, 0.5) is 0 Å². The van der Waals surface area contributed by atoms with Gasteiger partial charge in [-0.05, 0) is 31.0 Å². The topological polar surface area (TPSA) is 69.6 Å². The molecule has 4 nitrogen and oxygen atoms in total. The molecule has 4 heteroatoms. The molecule has 0 aromatic heterocycles. The number of Topliss-reactive ketones (excluding diaryl/α,β-unsaturated/α-hetero) is 1. The Kier molecular flexibility index (Phi) is 3.10. The number of nitrogens with one attached hydrogen (secondary N) is 1. The van der Waals surface area contributed by atoms with Crippen LogP contribution < -0.4 is 5.32 Å². The Morgan fingerprint density at radius 3 is 2.62 bits per heavy atom. The highest BCUT2D eigenvalue weighted by atomic mass is 16.3. The third kappa shape index (κ3) is 2.33. The maximum Gasteiger partial charge on any atom is 0.176 e. The van der Waals surface area contributed by atoms with Gasteiger partial charge in [-0.2, -0.15) is 0 Å². The molecular weight excluding hydrogens is 206 g/mol. The van der Waals surface area contributed by atoms with E-state index in [0.717, 1.165) is 12.8 Å². The van der Waals surface area contributed by atoms with Gasteiger partial charge in [-0.25, -0.2) is 0 Å². The van der Waals surface area contributed by atoms with Crippen molar-refractivity contribution in [3.63, 3.8) is 0 Å². The van der Waals surface area contributed by atoms with E-state index in [0.29, 0.717) is 11.6 Å². The second-order valence-electron chi connectivity index (χ2n) is 4.14. The van der Waals surface area contributed by atoms with E-state index in [1.165, 1.54) is 24.6 Å². The number of carbonyl (C=O) groups excluding carboxylic acids is 1. The van der Waals surface area contributed by atoms with E-state index in [1.807, 2.05) is 0 Å². The first-order chi connectivity index (χ1) is 7.66. The minimum atomic E-state index is -0.255. The van der Waals surface area contributed by atoms with Gasteiger partial charge in [0.25, 0.3) is 0 Å². The molecule has 0 radical (unpaired) electrons. The summed E-state index contributed by atoms with van der Waals surface area (Å²) in [5.41, 5.74) is 0.419. The summed E-state index contributed by atoms with van der Waals surface area (Å²) in [7, 11) is 0. The molecule has 0 amide bonds. The molecular formula is C12H15NO3. The van der Waals surface area contributed by atoms with Crippen molar-refractivity contribution in [3.05, 3.63) is 23.8 Å². The summed E-state index contributed by atoms with van der Waals surface area (Å²) in [6.07, 6.45) is 3.49. The van der Waals surface area contributed by atoms with Crippen LogP contribution in [0, 0.1) is 0 Å². The third-order valence-electron chi connectivity index (χ3n) is 2.95. The molecule has 1 fully saturated rings. The summed E-state index contributed by atoms with van der Waals surface area (Å²) in [6, 6.07) is 4.60. The molecule has 1 aliphatic carbocycles. The zero-order valence-corrected chi connectivity index (χ0v) is 8.94. The highest BCUT2D eigenvalue weighted by Crippen LogP contribution is 2.25. The SMILES string of the molecule is O=C(CNC1CCC1)c1ccc(O)c(O)c1. The maximum atomic E-state index is 11.7. The first-order valence-electron chi connectivity index (χ1n) is 5.45. The molecule has 16 heavy (non-hydrogen) atoms. The molecule has 0 unspecified atom stereocenters. The summed E-state index contributed by atoms with van der Waals surface area (Å²) in [4.78, 5) is 11.7. The van der Waals surface area contributed by atoms with Gasteiger partial charge in [0, 0.05) is 11.6 Å². The molecule has 1 aliphatic rings. The number of aromatic hydroxyl groups is 2. The lowest BCUT2D eigenvalue weighted by Gasteiger charge is -2.26. The largest absolute Gasteiger partial charge is 0.504 e. The summed E-state index contributed by atoms with van der Waals surface area (Å²) < 4.78 is 0. The van der Waals surface area contributed by atoms with Crippen LogP contribution in [-0.2, 0) is 0 Å². The van der Waals surface area contributed by atoms with Crippen molar-refractivity contribution in [2.45, 2.75) is 25.3 Å².